The number of amides is 2. The average Bonchev–Trinajstić information content (AvgIpc) is 2.95. The number of carbonyl (C=O) groups excluding carboxylic acids is 2. The second-order valence-electron chi connectivity index (χ2n) is 8.86. The number of halogens is 1. The first-order valence-corrected chi connectivity index (χ1v) is 13.3. The van der Waals surface area contributed by atoms with E-state index < -0.39 is 6.04 Å². The lowest BCUT2D eigenvalue weighted by molar-refractivity contribution is -0.142. The molecule has 6 nitrogen and oxygen atoms in total. The molecule has 196 valence electrons. The zero-order valence-electron chi connectivity index (χ0n) is 21.5. The number of benzene rings is 4. The SMILES string of the molecule is CCNC(=O)[C@@H](Cc1ccccc1)N(Cc1cccc(OC)c1)C(=O)COc1ccc2ccccc2c1Br. The van der Waals surface area contributed by atoms with Gasteiger partial charge in [-0.05, 0) is 63.0 Å². The topological polar surface area (TPSA) is 67.9 Å². The molecule has 0 fully saturated rings. The van der Waals surface area contributed by atoms with Crippen LogP contribution in [0.4, 0.5) is 0 Å². The first-order chi connectivity index (χ1) is 18.5. The van der Waals surface area contributed by atoms with Gasteiger partial charge < -0.3 is 19.7 Å². The molecule has 38 heavy (non-hydrogen) atoms. The molecule has 7 heteroatoms. The predicted molar refractivity (Wildman–Crippen MR) is 153 cm³/mol. The summed E-state index contributed by atoms with van der Waals surface area (Å²) in [7, 11) is 1.60. The number of likely N-dealkylation sites (N-methyl/N-ethyl adjacent to an activating group) is 1. The van der Waals surface area contributed by atoms with Gasteiger partial charge in [0.1, 0.15) is 17.5 Å². The van der Waals surface area contributed by atoms with Crippen molar-refractivity contribution in [2.45, 2.75) is 25.9 Å². The molecule has 4 aromatic rings. The van der Waals surface area contributed by atoms with Crippen LogP contribution in [0.25, 0.3) is 10.8 Å². The lowest BCUT2D eigenvalue weighted by Gasteiger charge is -2.31. The van der Waals surface area contributed by atoms with Gasteiger partial charge in [-0.3, -0.25) is 9.59 Å². The van der Waals surface area contributed by atoms with Crippen molar-refractivity contribution >= 4 is 38.5 Å². The standard InChI is InChI=1S/C31H31BrN2O4/c1-3-33-31(36)27(19-22-10-5-4-6-11-22)34(20-23-12-9-14-25(18-23)37-2)29(35)21-38-28-17-16-24-13-7-8-15-26(24)30(28)32/h4-18,27H,3,19-21H2,1-2H3,(H,33,36)/t27-/m1/s1. The molecule has 0 aliphatic heterocycles. The number of methoxy groups -OCH3 is 1. The van der Waals surface area contributed by atoms with Crippen LogP contribution in [-0.4, -0.2) is 43.0 Å². The quantitative estimate of drug-likeness (QED) is 0.247. The van der Waals surface area contributed by atoms with Gasteiger partial charge in [0.2, 0.25) is 5.91 Å². The Labute approximate surface area is 231 Å². The summed E-state index contributed by atoms with van der Waals surface area (Å²) in [6, 6.07) is 28.3. The Balaban J connectivity index is 1.63. The number of ether oxygens (including phenoxy) is 2. The maximum atomic E-state index is 13.8. The Bertz CT molecular complexity index is 1390. The van der Waals surface area contributed by atoms with Gasteiger partial charge in [-0.25, -0.2) is 0 Å². The smallest absolute Gasteiger partial charge is 0.261 e. The van der Waals surface area contributed by atoms with Crippen LogP contribution in [0.1, 0.15) is 18.1 Å². The van der Waals surface area contributed by atoms with E-state index in [2.05, 4.69) is 21.2 Å². The van der Waals surface area contributed by atoms with E-state index >= 15 is 0 Å². The van der Waals surface area contributed by atoms with Gasteiger partial charge in [-0.15, -0.1) is 0 Å². The molecule has 4 rings (SSSR count). The fourth-order valence-corrected chi connectivity index (χ4v) is 4.97. The Morgan fingerprint density at radius 2 is 1.66 bits per heavy atom. The highest BCUT2D eigenvalue weighted by Crippen LogP contribution is 2.33. The van der Waals surface area contributed by atoms with E-state index in [0.29, 0.717) is 24.5 Å². The Hall–Kier alpha value is -3.84. The molecule has 0 aromatic heterocycles. The van der Waals surface area contributed by atoms with E-state index in [1.165, 1.54) is 0 Å². The lowest BCUT2D eigenvalue weighted by Crippen LogP contribution is -2.51. The monoisotopic (exact) mass is 574 g/mol. The van der Waals surface area contributed by atoms with Crippen LogP contribution < -0.4 is 14.8 Å². The predicted octanol–water partition coefficient (Wildman–Crippen LogP) is 5.77. The van der Waals surface area contributed by atoms with Crippen LogP contribution in [0.5, 0.6) is 11.5 Å². The molecule has 0 radical (unpaired) electrons. The van der Waals surface area contributed by atoms with Crippen molar-refractivity contribution in [3.8, 4) is 11.5 Å². The van der Waals surface area contributed by atoms with E-state index in [-0.39, 0.29) is 25.0 Å². The summed E-state index contributed by atoms with van der Waals surface area (Å²) in [6.07, 6.45) is 0.377. The van der Waals surface area contributed by atoms with Crippen molar-refractivity contribution in [1.82, 2.24) is 10.2 Å². The minimum Gasteiger partial charge on any atom is -0.497 e. The van der Waals surface area contributed by atoms with Crippen molar-refractivity contribution < 1.29 is 19.1 Å². The number of carbonyl (C=O) groups is 2. The molecule has 0 heterocycles. The number of nitrogens with one attached hydrogen (secondary N) is 1. The van der Waals surface area contributed by atoms with E-state index in [1.807, 2.05) is 97.9 Å². The highest BCUT2D eigenvalue weighted by atomic mass is 79.9. The lowest BCUT2D eigenvalue weighted by atomic mass is 10.0. The molecule has 0 aliphatic rings. The van der Waals surface area contributed by atoms with Crippen molar-refractivity contribution in [2.75, 3.05) is 20.3 Å². The summed E-state index contributed by atoms with van der Waals surface area (Å²) in [5.74, 6) is 0.749. The molecule has 2 amide bonds. The van der Waals surface area contributed by atoms with Gasteiger partial charge >= 0.3 is 0 Å². The highest BCUT2D eigenvalue weighted by molar-refractivity contribution is 9.10. The van der Waals surface area contributed by atoms with E-state index in [1.54, 1.807) is 12.0 Å². The highest BCUT2D eigenvalue weighted by Gasteiger charge is 2.30. The number of hydrogen-bond acceptors (Lipinski definition) is 4. The van der Waals surface area contributed by atoms with Crippen LogP contribution in [0.2, 0.25) is 0 Å². The fraction of sp³-hybridized carbons (Fsp3) is 0.226. The third-order valence-electron chi connectivity index (χ3n) is 6.29. The summed E-state index contributed by atoms with van der Waals surface area (Å²) in [5.41, 5.74) is 1.82. The van der Waals surface area contributed by atoms with E-state index in [9.17, 15) is 9.59 Å². The fourth-order valence-electron chi connectivity index (χ4n) is 4.36. The Morgan fingerprint density at radius 3 is 2.42 bits per heavy atom. The summed E-state index contributed by atoms with van der Waals surface area (Å²) in [5, 5.41) is 4.97. The summed E-state index contributed by atoms with van der Waals surface area (Å²) >= 11 is 3.63. The summed E-state index contributed by atoms with van der Waals surface area (Å²) in [6.45, 7) is 2.34. The second kappa shape index (κ2) is 13.1. The third kappa shape index (κ3) is 6.72. The van der Waals surface area contributed by atoms with Gasteiger partial charge in [0.25, 0.3) is 5.91 Å². The van der Waals surface area contributed by atoms with E-state index in [4.69, 9.17) is 9.47 Å². The maximum absolute atomic E-state index is 13.8. The molecular formula is C31H31BrN2O4. The van der Waals surface area contributed by atoms with Gasteiger partial charge in [-0.1, -0.05) is 72.8 Å². The molecule has 0 saturated carbocycles. The molecule has 0 aliphatic carbocycles. The molecule has 0 bridgehead atoms. The molecule has 0 unspecified atom stereocenters. The summed E-state index contributed by atoms with van der Waals surface area (Å²) in [4.78, 5) is 28.7. The van der Waals surface area contributed by atoms with E-state index in [0.717, 1.165) is 26.4 Å². The molecular weight excluding hydrogens is 544 g/mol. The van der Waals surface area contributed by atoms with Crippen LogP contribution in [-0.2, 0) is 22.6 Å². The average molecular weight is 576 g/mol. The molecule has 4 aromatic carbocycles. The number of hydrogen-bond donors (Lipinski definition) is 1. The first kappa shape index (κ1) is 27.2. The third-order valence-corrected chi connectivity index (χ3v) is 7.11. The van der Waals surface area contributed by atoms with Crippen LogP contribution >= 0.6 is 15.9 Å². The molecule has 1 atom stereocenters. The first-order valence-electron chi connectivity index (χ1n) is 12.5. The van der Waals surface area contributed by atoms with Crippen molar-refractivity contribution in [3.63, 3.8) is 0 Å². The van der Waals surface area contributed by atoms with Gasteiger partial charge in [0.15, 0.2) is 6.61 Å². The number of fused-ring (bicyclic) bond motifs is 1. The molecule has 1 N–H and O–H groups in total. The van der Waals surface area contributed by atoms with Crippen LogP contribution in [0, 0.1) is 0 Å². The zero-order valence-corrected chi connectivity index (χ0v) is 23.1. The Kier molecular flexibility index (Phi) is 9.38. The van der Waals surface area contributed by atoms with Crippen molar-refractivity contribution in [3.05, 3.63) is 107 Å². The largest absolute Gasteiger partial charge is 0.497 e. The Morgan fingerprint density at radius 1 is 0.921 bits per heavy atom. The maximum Gasteiger partial charge on any atom is 0.261 e. The van der Waals surface area contributed by atoms with Gasteiger partial charge in [0, 0.05) is 19.5 Å². The second-order valence-corrected chi connectivity index (χ2v) is 9.65. The number of nitrogens with zero attached hydrogens (tertiary/aromatic N) is 1. The minimum absolute atomic E-state index is 0.209. The molecule has 0 spiro atoms. The summed E-state index contributed by atoms with van der Waals surface area (Å²) < 4.78 is 12.2. The van der Waals surface area contributed by atoms with Gasteiger partial charge in [0.05, 0.1) is 11.6 Å². The van der Waals surface area contributed by atoms with Crippen LogP contribution in [0.15, 0.2) is 95.5 Å². The molecule has 0 saturated heterocycles. The normalized spacial score (nSPS) is 11.6. The minimum atomic E-state index is -0.723. The van der Waals surface area contributed by atoms with Crippen LogP contribution in [0.3, 0.4) is 0 Å². The van der Waals surface area contributed by atoms with Gasteiger partial charge in [-0.2, -0.15) is 0 Å². The van der Waals surface area contributed by atoms with Crippen molar-refractivity contribution in [1.29, 1.82) is 0 Å². The van der Waals surface area contributed by atoms with Crippen molar-refractivity contribution in [2.24, 2.45) is 0 Å². The zero-order chi connectivity index (χ0) is 26.9. The number of rotatable bonds is 11.